The van der Waals surface area contributed by atoms with Gasteiger partial charge in [-0.25, -0.2) is 0 Å². The van der Waals surface area contributed by atoms with E-state index in [0.29, 0.717) is 0 Å². The standard InChI is InChI=1S/C19H24/c1-5-18-10-7-17(13-16(18)4)8-11-19-9-6-14(2)12-15(19)3/h6-7,9-10,12-13H,5,8,11H2,1-4H3. The minimum atomic E-state index is 1.13. The molecule has 0 atom stereocenters. The van der Waals surface area contributed by atoms with Crippen molar-refractivity contribution < 1.29 is 0 Å². The summed E-state index contributed by atoms with van der Waals surface area (Å²) in [5, 5.41) is 0. The summed E-state index contributed by atoms with van der Waals surface area (Å²) in [6.07, 6.45) is 3.40. The SMILES string of the molecule is CCc1ccc(CCc2ccc(C)cc2C)cc1C. The van der Waals surface area contributed by atoms with Gasteiger partial charge >= 0.3 is 0 Å². The van der Waals surface area contributed by atoms with Crippen LogP contribution in [0.5, 0.6) is 0 Å². The quantitative estimate of drug-likeness (QED) is 0.721. The Labute approximate surface area is 117 Å². The molecule has 2 aromatic rings. The van der Waals surface area contributed by atoms with Crippen LogP contribution in [0.15, 0.2) is 36.4 Å². The number of hydrogen-bond donors (Lipinski definition) is 0. The van der Waals surface area contributed by atoms with Crippen LogP contribution in [0.25, 0.3) is 0 Å². The third-order valence-corrected chi connectivity index (χ3v) is 3.97. The lowest BCUT2D eigenvalue weighted by molar-refractivity contribution is 0.942. The summed E-state index contributed by atoms with van der Waals surface area (Å²) < 4.78 is 0. The van der Waals surface area contributed by atoms with Crippen molar-refractivity contribution in [1.29, 1.82) is 0 Å². The summed E-state index contributed by atoms with van der Waals surface area (Å²) >= 11 is 0. The minimum absolute atomic E-state index is 1.13. The van der Waals surface area contributed by atoms with Gasteiger partial charge in [0.15, 0.2) is 0 Å². The maximum Gasteiger partial charge on any atom is -0.0236 e. The van der Waals surface area contributed by atoms with Crippen LogP contribution in [0.1, 0.15) is 40.3 Å². The Bertz CT molecular complexity index is 564. The van der Waals surface area contributed by atoms with Crippen molar-refractivity contribution >= 4 is 0 Å². The Balaban J connectivity index is 2.08. The molecule has 0 bridgehead atoms. The molecule has 0 aliphatic carbocycles. The predicted molar refractivity (Wildman–Crippen MR) is 83.9 cm³/mol. The van der Waals surface area contributed by atoms with E-state index in [1.807, 2.05) is 0 Å². The van der Waals surface area contributed by atoms with Crippen molar-refractivity contribution in [2.75, 3.05) is 0 Å². The second kappa shape index (κ2) is 6.06. The summed E-state index contributed by atoms with van der Waals surface area (Å²) in [7, 11) is 0. The molecule has 0 saturated heterocycles. The lowest BCUT2D eigenvalue weighted by atomic mass is 9.96. The van der Waals surface area contributed by atoms with Crippen LogP contribution >= 0.6 is 0 Å². The number of benzene rings is 2. The van der Waals surface area contributed by atoms with E-state index in [1.54, 1.807) is 0 Å². The van der Waals surface area contributed by atoms with Gasteiger partial charge in [-0.1, -0.05) is 48.9 Å². The van der Waals surface area contributed by atoms with Gasteiger partial charge in [-0.3, -0.25) is 0 Å². The van der Waals surface area contributed by atoms with Crippen LogP contribution in [0.4, 0.5) is 0 Å². The van der Waals surface area contributed by atoms with Gasteiger partial charge in [-0.2, -0.15) is 0 Å². The van der Waals surface area contributed by atoms with E-state index in [1.165, 1.54) is 33.4 Å². The van der Waals surface area contributed by atoms with Crippen LogP contribution < -0.4 is 0 Å². The summed E-state index contributed by atoms with van der Waals surface area (Å²) in [6, 6.07) is 13.7. The van der Waals surface area contributed by atoms with Gasteiger partial charge < -0.3 is 0 Å². The fraction of sp³-hybridized carbons (Fsp3) is 0.368. The summed E-state index contributed by atoms with van der Waals surface area (Å²) in [4.78, 5) is 0. The van der Waals surface area contributed by atoms with Crippen LogP contribution in [-0.4, -0.2) is 0 Å². The monoisotopic (exact) mass is 252 g/mol. The highest BCUT2D eigenvalue weighted by Gasteiger charge is 2.02. The number of rotatable bonds is 4. The molecule has 0 nitrogen and oxygen atoms in total. The first-order valence-electron chi connectivity index (χ1n) is 7.24. The predicted octanol–water partition coefficient (Wildman–Crippen LogP) is 4.96. The second-order valence-corrected chi connectivity index (χ2v) is 5.54. The highest BCUT2D eigenvalue weighted by atomic mass is 14.1. The Kier molecular flexibility index (Phi) is 4.42. The van der Waals surface area contributed by atoms with Gasteiger partial charge in [0.1, 0.15) is 0 Å². The van der Waals surface area contributed by atoms with Crippen LogP contribution in [0, 0.1) is 20.8 Å². The van der Waals surface area contributed by atoms with Gasteiger partial charge in [0.05, 0.1) is 0 Å². The maximum atomic E-state index is 2.35. The molecule has 19 heavy (non-hydrogen) atoms. The molecule has 2 aromatic carbocycles. The molecule has 0 heteroatoms. The van der Waals surface area contributed by atoms with E-state index >= 15 is 0 Å². The smallest absolute Gasteiger partial charge is 0.0236 e. The Morgan fingerprint density at radius 2 is 1.42 bits per heavy atom. The van der Waals surface area contributed by atoms with E-state index in [0.717, 1.165) is 19.3 Å². The van der Waals surface area contributed by atoms with E-state index in [4.69, 9.17) is 0 Å². The molecule has 0 radical (unpaired) electrons. The zero-order valence-electron chi connectivity index (χ0n) is 12.6. The highest BCUT2D eigenvalue weighted by molar-refractivity contribution is 5.34. The molecule has 0 aromatic heterocycles. The van der Waals surface area contributed by atoms with Crippen molar-refractivity contribution in [3.8, 4) is 0 Å². The van der Waals surface area contributed by atoms with E-state index in [-0.39, 0.29) is 0 Å². The second-order valence-electron chi connectivity index (χ2n) is 5.54. The highest BCUT2D eigenvalue weighted by Crippen LogP contribution is 2.16. The fourth-order valence-electron chi connectivity index (χ4n) is 2.72. The van der Waals surface area contributed by atoms with Crippen molar-refractivity contribution in [2.24, 2.45) is 0 Å². The van der Waals surface area contributed by atoms with Crippen LogP contribution in [0.3, 0.4) is 0 Å². The van der Waals surface area contributed by atoms with Crippen molar-refractivity contribution in [1.82, 2.24) is 0 Å². The summed E-state index contributed by atoms with van der Waals surface area (Å²) in [5.41, 5.74) is 8.60. The van der Waals surface area contributed by atoms with Gasteiger partial charge in [0, 0.05) is 0 Å². The normalized spacial score (nSPS) is 10.7. The first kappa shape index (κ1) is 13.9. The molecule has 0 N–H and O–H groups in total. The van der Waals surface area contributed by atoms with Crippen LogP contribution in [-0.2, 0) is 19.3 Å². The van der Waals surface area contributed by atoms with E-state index in [9.17, 15) is 0 Å². The summed E-state index contributed by atoms with van der Waals surface area (Å²) in [5.74, 6) is 0. The summed E-state index contributed by atoms with van der Waals surface area (Å²) in [6.45, 7) is 8.81. The number of aryl methyl sites for hydroxylation is 6. The molecule has 0 saturated carbocycles. The van der Waals surface area contributed by atoms with Crippen molar-refractivity contribution in [2.45, 2.75) is 47.0 Å². The average Bonchev–Trinajstić information content (AvgIpc) is 2.38. The lowest BCUT2D eigenvalue weighted by Crippen LogP contribution is -1.96. The molecule has 0 unspecified atom stereocenters. The molecular formula is C19H24. The number of hydrogen-bond acceptors (Lipinski definition) is 0. The van der Waals surface area contributed by atoms with Gasteiger partial charge in [0.25, 0.3) is 0 Å². The molecule has 2 rings (SSSR count). The largest absolute Gasteiger partial charge is 0.0613 e. The third-order valence-electron chi connectivity index (χ3n) is 3.97. The van der Waals surface area contributed by atoms with Gasteiger partial charge in [-0.05, 0) is 67.9 Å². The molecule has 0 spiro atoms. The zero-order chi connectivity index (χ0) is 13.8. The fourth-order valence-corrected chi connectivity index (χ4v) is 2.72. The Morgan fingerprint density at radius 3 is 2.05 bits per heavy atom. The average molecular weight is 252 g/mol. The molecule has 0 fully saturated rings. The molecule has 0 aliphatic heterocycles. The lowest BCUT2D eigenvalue weighted by Gasteiger charge is -2.09. The van der Waals surface area contributed by atoms with Crippen molar-refractivity contribution in [3.63, 3.8) is 0 Å². The topological polar surface area (TPSA) is 0 Å². The third kappa shape index (κ3) is 3.47. The van der Waals surface area contributed by atoms with E-state index < -0.39 is 0 Å². The Morgan fingerprint density at radius 1 is 0.737 bits per heavy atom. The molecule has 0 heterocycles. The van der Waals surface area contributed by atoms with Crippen molar-refractivity contribution in [3.05, 3.63) is 69.8 Å². The van der Waals surface area contributed by atoms with Crippen LogP contribution in [0.2, 0.25) is 0 Å². The van der Waals surface area contributed by atoms with Gasteiger partial charge in [-0.15, -0.1) is 0 Å². The first-order valence-corrected chi connectivity index (χ1v) is 7.24. The molecule has 0 amide bonds. The van der Waals surface area contributed by atoms with E-state index in [2.05, 4.69) is 64.1 Å². The minimum Gasteiger partial charge on any atom is -0.0613 e. The van der Waals surface area contributed by atoms with Gasteiger partial charge in [0.2, 0.25) is 0 Å². The maximum absolute atomic E-state index is 2.35. The Hall–Kier alpha value is -1.56. The molecule has 100 valence electrons. The molecular weight excluding hydrogens is 228 g/mol. The zero-order valence-corrected chi connectivity index (χ0v) is 12.6. The molecule has 0 aliphatic rings. The first-order chi connectivity index (χ1) is 9.10.